The number of esters is 1. The number of nitrogens with zero attached hydrogens (tertiary/aromatic N) is 1. The van der Waals surface area contributed by atoms with Gasteiger partial charge in [-0.1, -0.05) is 18.2 Å². The summed E-state index contributed by atoms with van der Waals surface area (Å²) < 4.78 is 10.4. The number of carbonyl (C=O) groups is 2. The van der Waals surface area contributed by atoms with Crippen LogP contribution in [0, 0.1) is 0 Å². The maximum absolute atomic E-state index is 12.3. The molecule has 1 N–H and O–H groups in total. The lowest BCUT2D eigenvalue weighted by atomic mass is 10.2. The Bertz CT molecular complexity index is 1080. The molecule has 130 valence electrons. The molecule has 0 saturated heterocycles. The summed E-state index contributed by atoms with van der Waals surface area (Å²) >= 11 is 2.38. The van der Waals surface area contributed by atoms with Crippen LogP contribution >= 0.6 is 22.7 Å². The van der Waals surface area contributed by atoms with E-state index < -0.39 is 5.97 Å². The molecule has 0 aliphatic carbocycles. The van der Waals surface area contributed by atoms with Gasteiger partial charge in [-0.15, -0.1) is 22.7 Å². The summed E-state index contributed by atoms with van der Waals surface area (Å²) in [5.41, 5.74) is 1.44. The van der Waals surface area contributed by atoms with E-state index in [9.17, 15) is 9.59 Å². The highest BCUT2D eigenvalue weighted by Crippen LogP contribution is 2.30. The molecule has 6 nitrogen and oxygen atoms in total. The van der Waals surface area contributed by atoms with Crippen molar-refractivity contribution < 1.29 is 18.7 Å². The molecule has 26 heavy (non-hydrogen) atoms. The second-order valence-electron chi connectivity index (χ2n) is 5.30. The number of aromatic nitrogens is 1. The lowest BCUT2D eigenvalue weighted by molar-refractivity contribution is 0.0606. The van der Waals surface area contributed by atoms with Crippen molar-refractivity contribution in [1.29, 1.82) is 0 Å². The molecular formula is C18H12N2O4S2. The molecule has 0 radical (unpaired) electrons. The second-order valence-corrected chi connectivity index (χ2v) is 7.24. The molecule has 4 aromatic rings. The molecule has 0 aliphatic heterocycles. The molecule has 0 aliphatic rings. The third-order valence-corrected chi connectivity index (χ3v) is 5.44. The van der Waals surface area contributed by atoms with E-state index in [0.29, 0.717) is 26.3 Å². The first kappa shape index (κ1) is 16.5. The largest absolute Gasteiger partial charge is 0.465 e. The van der Waals surface area contributed by atoms with Crippen molar-refractivity contribution in [2.45, 2.75) is 0 Å². The highest BCUT2D eigenvalue weighted by Gasteiger charge is 2.16. The fraction of sp³-hybridized carbons (Fsp3) is 0.0556. The number of thiophene rings is 1. The lowest BCUT2D eigenvalue weighted by Crippen LogP contribution is -2.09. The number of rotatable bonds is 4. The third kappa shape index (κ3) is 3.12. The van der Waals surface area contributed by atoms with E-state index in [1.807, 2.05) is 35.7 Å². The molecule has 0 fully saturated rings. The molecule has 1 amide bonds. The molecule has 0 saturated carbocycles. The summed E-state index contributed by atoms with van der Waals surface area (Å²) in [6.07, 6.45) is 0. The van der Waals surface area contributed by atoms with Crippen LogP contribution < -0.4 is 5.32 Å². The van der Waals surface area contributed by atoms with Crippen LogP contribution in [-0.4, -0.2) is 24.0 Å². The number of furan rings is 1. The van der Waals surface area contributed by atoms with Gasteiger partial charge in [0.25, 0.3) is 5.91 Å². The van der Waals surface area contributed by atoms with Crippen molar-refractivity contribution in [3.63, 3.8) is 0 Å². The third-order valence-electron chi connectivity index (χ3n) is 3.62. The fourth-order valence-corrected chi connectivity index (χ4v) is 3.90. The van der Waals surface area contributed by atoms with Crippen LogP contribution in [0.4, 0.5) is 5.13 Å². The van der Waals surface area contributed by atoms with Crippen molar-refractivity contribution in [3.8, 4) is 11.5 Å². The number of carbonyl (C=O) groups excluding carboxylic acids is 2. The van der Waals surface area contributed by atoms with E-state index >= 15 is 0 Å². The Morgan fingerprint density at radius 2 is 1.96 bits per heavy atom. The standard InChI is InChI=1S/C18H12N2O4S2/c1-23-17(22)15-7-6-14(26-15)16(21)20-18-19-11(9-25-18)13-8-10-4-2-3-5-12(10)24-13/h2-9H,1H3,(H,19,20,21). The number of para-hydroxylation sites is 1. The Labute approximate surface area is 156 Å². The molecule has 4 rings (SSSR count). The number of hydrogen-bond acceptors (Lipinski definition) is 7. The van der Waals surface area contributed by atoms with Crippen LogP contribution in [0.3, 0.4) is 0 Å². The minimum Gasteiger partial charge on any atom is -0.465 e. The van der Waals surface area contributed by atoms with Gasteiger partial charge in [0.05, 0.1) is 12.0 Å². The van der Waals surface area contributed by atoms with Crippen molar-refractivity contribution in [2.24, 2.45) is 0 Å². The van der Waals surface area contributed by atoms with E-state index in [-0.39, 0.29) is 5.91 Å². The van der Waals surface area contributed by atoms with Crippen LogP contribution in [0.1, 0.15) is 19.3 Å². The van der Waals surface area contributed by atoms with Crippen molar-refractivity contribution in [2.75, 3.05) is 12.4 Å². The topological polar surface area (TPSA) is 81.4 Å². The zero-order valence-electron chi connectivity index (χ0n) is 13.5. The summed E-state index contributed by atoms with van der Waals surface area (Å²) in [5.74, 6) is -0.141. The molecule has 0 spiro atoms. The number of amides is 1. The Balaban J connectivity index is 1.52. The van der Waals surface area contributed by atoms with Gasteiger partial charge in [-0.2, -0.15) is 0 Å². The summed E-state index contributed by atoms with van der Waals surface area (Å²) in [5, 5.41) is 6.01. The summed E-state index contributed by atoms with van der Waals surface area (Å²) in [6, 6.07) is 12.8. The fourth-order valence-electron chi connectivity index (χ4n) is 2.38. The summed E-state index contributed by atoms with van der Waals surface area (Å²) in [6.45, 7) is 0. The number of ether oxygens (including phenoxy) is 1. The molecule has 3 heterocycles. The van der Waals surface area contributed by atoms with Crippen molar-refractivity contribution >= 4 is 50.7 Å². The van der Waals surface area contributed by atoms with Gasteiger partial charge in [-0.25, -0.2) is 9.78 Å². The lowest BCUT2D eigenvalue weighted by Gasteiger charge is -1.98. The molecular weight excluding hydrogens is 372 g/mol. The second kappa shape index (κ2) is 6.74. The Morgan fingerprint density at radius 3 is 2.77 bits per heavy atom. The monoisotopic (exact) mass is 384 g/mol. The molecule has 0 atom stereocenters. The number of methoxy groups -OCH3 is 1. The van der Waals surface area contributed by atoms with E-state index in [2.05, 4.69) is 15.0 Å². The Hall–Kier alpha value is -2.97. The van der Waals surface area contributed by atoms with Crippen molar-refractivity contribution in [1.82, 2.24) is 4.98 Å². The van der Waals surface area contributed by atoms with E-state index in [4.69, 9.17) is 4.42 Å². The number of benzene rings is 1. The van der Waals surface area contributed by atoms with Gasteiger partial charge in [0.2, 0.25) is 0 Å². The molecule has 3 aromatic heterocycles. The van der Waals surface area contributed by atoms with Gasteiger partial charge in [-0.05, 0) is 24.3 Å². The van der Waals surface area contributed by atoms with Crippen LogP contribution in [-0.2, 0) is 4.74 Å². The zero-order valence-corrected chi connectivity index (χ0v) is 15.1. The molecule has 0 bridgehead atoms. The van der Waals surface area contributed by atoms with Crippen molar-refractivity contribution in [3.05, 3.63) is 57.6 Å². The number of thiazole rings is 1. The van der Waals surface area contributed by atoms with Gasteiger partial charge in [0, 0.05) is 10.8 Å². The SMILES string of the molecule is COC(=O)c1ccc(C(=O)Nc2nc(-c3cc4ccccc4o3)cs2)s1. The average Bonchev–Trinajstić information content (AvgIpc) is 3.38. The highest BCUT2D eigenvalue weighted by atomic mass is 32.1. The van der Waals surface area contributed by atoms with Gasteiger partial charge in [0.15, 0.2) is 10.9 Å². The summed E-state index contributed by atoms with van der Waals surface area (Å²) in [7, 11) is 1.30. The Kier molecular flexibility index (Phi) is 4.27. The maximum atomic E-state index is 12.3. The minimum absolute atomic E-state index is 0.323. The number of fused-ring (bicyclic) bond motifs is 1. The number of hydrogen-bond donors (Lipinski definition) is 1. The van der Waals surface area contributed by atoms with Crippen LogP contribution in [0.25, 0.3) is 22.4 Å². The van der Waals surface area contributed by atoms with E-state index in [1.165, 1.54) is 18.4 Å². The molecule has 0 unspecified atom stereocenters. The highest BCUT2D eigenvalue weighted by molar-refractivity contribution is 7.16. The van der Waals surface area contributed by atoms with E-state index in [0.717, 1.165) is 22.3 Å². The van der Waals surface area contributed by atoms with E-state index in [1.54, 1.807) is 12.1 Å². The normalized spacial score (nSPS) is 10.8. The summed E-state index contributed by atoms with van der Waals surface area (Å²) in [4.78, 5) is 29.0. The zero-order chi connectivity index (χ0) is 18.1. The first-order chi connectivity index (χ1) is 12.6. The van der Waals surface area contributed by atoms with Crippen LogP contribution in [0.2, 0.25) is 0 Å². The first-order valence-electron chi connectivity index (χ1n) is 7.58. The number of anilines is 1. The van der Waals surface area contributed by atoms with Crippen LogP contribution in [0.5, 0.6) is 0 Å². The minimum atomic E-state index is -0.463. The predicted molar refractivity (Wildman–Crippen MR) is 101 cm³/mol. The smallest absolute Gasteiger partial charge is 0.348 e. The average molecular weight is 384 g/mol. The predicted octanol–water partition coefficient (Wildman–Crippen LogP) is 4.66. The maximum Gasteiger partial charge on any atom is 0.348 e. The quantitative estimate of drug-likeness (QED) is 0.518. The van der Waals surface area contributed by atoms with Gasteiger partial charge < -0.3 is 9.15 Å². The van der Waals surface area contributed by atoms with Gasteiger partial charge >= 0.3 is 5.97 Å². The Morgan fingerprint density at radius 1 is 1.15 bits per heavy atom. The molecule has 1 aromatic carbocycles. The van der Waals surface area contributed by atoms with Crippen LogP contribution in [0.15, 0.2) is 52.3 Å². The first-order valence-corrected chi connectivity index (χ1v) is 9.27. The van der Waals surface area contributed by atoms with Gasteiger partial charge in [0.1, 0.15) is 16.2 Å². The number of nitrogens with one attached hydrogen (secondary N) is 1. The molecule has 8 heteroatoms. The van der Waals surface area contributed by atoms with Gasteiger partial charge in [-0.3, -0.25) is 10.1 Å².